The van der Waals surface area contributed by atoms with Crippen LogP contribution in [0.3, 0.4) is 0 Å². The molecule has 0 saturated carbocycles. The van der Waals surface area contributed by atoms with Crippen LogP contribution in [0.2, 0.25) is 0 Å². The molecule has 22 rings (SSSR count). The summed E-state index contributed by atoms with van der Waals surface area (Å²) in [5, 5.41) is 6.90. The van der Waals surface area contributed by atoms with Gasteiger partial charge in [0.05, 0.1) is 32.8 Å². The van der Waals surface area contributed by atoms with Crippen molar-refractivity contribution >= 4 is 65.8 Å². The lowest BCUT2D eigenvalue weighted by atomic mass is 9.60. The molecule has 0 aliphatic heterocycles. The lowest BCUT2D eigenvalue weighted by Gasteiger charge is -2.41. The van der Waals surface area contributed by atoms with Crippen LogP contribution >= 0.6 is 0 Å². The van der Waals surface area contributed by atoms with Crippen molar-refractivity contribution < 1.29 is 0 Å². The Balaban J connectivity index is 0.876. The molecule has 19 aromatic rings. The van der Waals surface area contributed by atoms with Crippen LogP contribution in [0, 0.1) is 0 Å². The molecule has 0 saturated heterocycles. The lowest BCUT2D eigenvalue weighted by Crippen LogP contribution is -2.35. The first-order valence-electron chi connectivity index (χ1n) is 35.2. The molecule has 6 heterocycles. The van der Waals surface area contributed by atoms with Crippen molar-refractivity contribution in [2.45, 2.75) is 16.2 Å². The zero-order chi connectivity index (χ0) is 66.8. The lowest BCUT2D eigenvalue weighted by molar-refractivity contribution is 0.713. The summed E-state index contributed by atoms with van der Waals surface area (Å²) in [6.07, 6.45) is 5.74. The molecule has 3 aliphatic carbocycles. The second-order valence-electron chi connectivity index (χ2n) is 27.6. The number of nitrogens with zero attached hydrogens (tertiary/aromatic N) is 6. The summed E-state index contributed by atoms with van der Waals surface area (Å²) in [4.78, 5) is 15.2. The summed E-state index contributed by atoms with van der Waals surface area (Å²) in [6.45, 7) is 0. The SMILES string of the molecule is c1ccc2c(c1)-c1ccccc1C2(c1ccc(-n2c3ccccc3c3cccnc32)cc1)c1cc(C2(c3ccc(-n4c5ccccc5c5cccnc54)cc3)c3ccccc3-c3ccccc32)cc(C2(c3ccc(-n4c5ccccc5c5cccnc54)cc3)c3ccccc3-c3ccccc32)c1. The number of fused-ring (bicyclic) bond motifs is 18. The molecular weight excluding hydrogens is 1240 g/mol. The van der Waals surface area contributed by atoms with Gasteiger partial charge >= 0.3 is 0 Å². The fraction of sp³-hybridized carbons (Fsp3) is 0.0312. The van der Waals surface area contributed by atoms with Gasteiger partial charge in [0.2, 0.25) is 0 Å². The summed E-state index contributed by atoms with van der Waals surface area (Å²) < 4.78 is 7.00. The average molecular weight is 1300 g/mol. The highest BCUT2D eigenvalue weighted by atomic mass is 15.1. The van der Waals surface area contributed by atoms with Crippen LogP contribution in [0.5, 0.6) is 0 Å². The second kappa shape index (κ2) is 21.4. The van der Waals surface area contributed by atoms with Crippen molar-refractivity contribution in [3.8, 4) is 50.4 Å². The van der Waals surface area contributed by atoms with E-state index in [2.05, 4.69) is 341 Å². The van der Waals surface area contributed by atoms with E-state index in [9.17, 15) is 0 Å². The molecule has 0 unspecified atom stereocenters. The van der Waals surface area contributed by atoms with Gasteiger partial charge in [0.15, 0.2) is 0 Å². The molecule has 0 radical (unpaired) electrons. The minimum absolute atomic E-state index is 0.881. The van der Waals surface area contributed by atoms with E-state index in [0.29, 0.717) is 0 Å². The van der Waals surface area contributed by atoms with Crippen molar-refractivity contribution in [1.29, 1.82) is 0 Å². The predicted molar refractivity (Wildman–Crippen MR) is 415 cm³/mol. The van der Waals surface area contributed by atoms with Gasteiger partial charge in [-0.1, -0.05) is 255 Å². The average Bonchev–Trinajstić information content (AvgIpc) is 1.48. The van der Waals surface area contributed by atoms with Crippen LogP contribution in [0.15, 0.2) is 364 Å². The van der Waals surface area contributed by atoms with E-state index in [-0.39, 0.29) is 0 Å². The standard InChI is InChI=1S/C96H60N6/c1-10-34-82-70(22-1)71-23-2-11-35-83(71)94(82,61-43-49-67(50-44-61)100-88-40-16-7-28-76(88)79-31-19-55-97-91(79)100)64-58-65(95(84-36-12-3-24-72(84)73-25-4-13-37-85(73)95)62-45-51-68(52-46-62)101-89-41-17-8-29-77(89)80-32-20-56-98-92(80)101)60-66(59-64)96(86-38-14-5-26-74(86)75-27-6-15-39-87(75)96)63-47-53-69(54-48-63)102-90-42-18-9-30-78(90)81-33-21-57-99-93(81)102/h1-60H. The molecule has 0 N–H and O–H groups in total. The third kappa shape index (κ3) is 7.43. The summed E-state index contributed by atoms with van der Waals surface area (Å²) in [6, 6.07) is 131. The molecule has 13 aromatic carbocycles. The largest absolute Gasteiger partial charge is 0.294 e. The minimum Gasteiger partial charge on any atom is -0.294 e. The van der Waals surface area contributed by atoms with Gasteiger partial charge in [0, 0.05) is 68.0 Å². The molecule has 474 valence electrons. The zero-order valence-electron chi connectivity index (χ0n) is 55.3. The van der Waals surface area contributed by atoms with Crippen molar-refractivity contribution in [1.82, 2.24) is 28.7 Å². The van der Waals surface area contributed by atoms with E-state index in [1.165, 1.54) is 99.6 Å². The fourth-order valence-electron chi connectivity index (χ4n) is 19.1. The van der Waals surface area contributed by atoms with Crippen LogP contribution in [0.1, 0.15) is 66.8 Å². The van der Waals surface area contributed by atoms with Gasteiger partial charge in [0.1, 0.15) is 16.9 Å². The summed E-state index contributed by atoms with van der Waals surface area (Å²) in [5.74, 6) is 0. The first-order valence-corrected chi connectivity index (χ1v) is 35.2. The topological polar surface area (TPSA) is 53.5 Å². The Bertz CT molecular complexity index is 5750. The maximum absolute atomic E-state index is 5.08. The van der Waals surface area contributed by atoms with Gasteiger partial charge in [0.25, 0.3) is 0 Å². The van der Waals surface area contributed by atoms with Gasteiger partial charge in [-0.3, -0.25) is 13.7 Å². The quantitative estimate of drug-likeness (QED) is 0.145. The Hall–Kier alpha value is -13.3. The van der Waals surface area contributed by atoms with Gasteiger partial charge in [-0.25, -0.2) is 15.0 Å². The number of aromatic nitrogens is 6. The van der Waals surface area contributed by atoms with E-state index >= 15 is 0 Å². The zero-order valence-corrected chi connectivity index (χ0v) is 55.3. The highest BCUT2D eigenvalue weighted by molar-refractivity contribution is 6.10. The first-order chi connectivity index (χ1) is 50.6. The van der Waals surface area contributed by atoms with Gasteiger partial charge < -0.3 is 0 Å². The first kappa shape index (κ1) is 56.7. The molecular formula is C96H60N6. The Morgan fingerprint density at radius 2 is 0.402 bits per heavy atom. The smallest absolute Gasteiger partial charge is 0.145 e. The Labute approximate surface area is 588 Å². The van der Waals surface area contributed by atoms with E-state index < -0.39 is 16.2 Å². The molecule has 6 aromatic heterocycles. The highest BCUT2D eigenvalue weighted by Gasteiger charge is 2.53. The Morgan fingerprint density at radius 1 is 0.186 bits per heavy atom. The predicted octanol–water partition coefficient (Wildman–Crippen LogP) is 22.3. The molecule has 3 aliphatic rings. The van der Waals surface area contributed by atoms with E-state index in [0.717, 1.165) is 83.4 Å². The maximum atomic E-state index is 5.08. The van der Waals surface area contributed by atoms with Crippen molar-refractivity contribution in [3.05, 3.63) is 431 Å². The highest BCUT2D eigenvalue weighted by Crippen LogP contribution is 2.63. The van der Waals surface area contributed by atoms with Crippen molar-refractivity contribution in [2.24, 2.45) is 0 Å². The van der Waals surface area contributed by atoms with Crippen LogP contribution < -0.4 is 0 Å². The Kier molecular flexibility index (Phi) is 11.9. The normalized spacial score (nSPS) is 14.1. The van der Waals surface area contributed by atoms with Crippen molar-refractivity contribution in [3.63, 3.8) is 0 Å². The number of hydrogen-bond acceptors (Lipinski definition) is 3. The van der Waals surface area contributed by atoms with Crippen molar-refractivity contribution in [2.75, 3.05) is 0 Å². The molecule has 0 atom stereocenters. The summed E-state index contributed by atoms with van der Waals surface area (Å²) in [7, 11) is 0. The van der Waals surface area contributed by atoms with Gasteiger partial charge in [-0.05, 0) is 191 Å². The third-order valence-corrected chi connectivity index (χ3v) is 23.1. The van der Waals surface area contributed by atoms with E-state index in [1.807, 2.05) is 36.8 Å². The molecule has 6 heteroatoms. The van der Waals surface area contributed by atoms with Crippen LogP contribution in [-0.2, 0) is 16.2 Å². The molecule has 0 spiro atoms. The molecule has 0 fully saturated rings. The van der Waals surface area contributed by atoms with Gasteiger partial charge in [-0.2, -0.15) is 0 Å². The number of benzene rings is 13. The monoisotopic (exact) mass is 1300 g/mol. The van der Waals surface area contributed by atoms with Crippen LogP contribution in [-0.4, -0.2) is 28.7 Å². The van der Waals surface area contributed by atoms with E-state index in [1.54, 1.807) is 0 Å². The molecule has 0 amide bonds. The summed E-state index contributed by atoms with van der Waals surface area (Å²) >= 11 is 0. The van der Waals surface area contributed by atoms with Gasteiger partial charge in [-0.15, -0.1) is 0 Å². The van der Waals surface area contributed by atoms with Crippen LogP contribution in [0.25, 0.3) is 116 Å². The number of para-hydroxylation sites is 3. The fourth-order valence-corrected chi connectivity index (χ4v) is 19.1. The number of hydrogen-bond donors (Lipinski definition) is 0. The minimum atomic E-state index is -0.881. The number of pyridine rings is 3. The maximum Gasteiger partial charge on any atom is 0.145 e. The Morgan fingerprint density at radius 3 is 0.657 bits per heavy atom. The molecule has 6 nitrogen and oxygen atoms in total. The van der Waals surface area contributed by atoms with Crippen LogP contribution in [0.4, 0.5) is 0 Å². The third-order valence-electron chi connectivity index (χ3n) is 23.1. The second-order valence-corrected chi connectivity index (χ2v) is 27.6. The number of rotatable bonds is 9. The summed E-state index contributed by atoms with van der Waals surface area (Å²) in [5.41, 5.74) is 28.4. The molecule has 102 heavy (non-hydrogen) atoms. The molecule has 0 bridgehead atoms. The van der Waals surface area contributed by atoms with E-state index in [4.69, 9.17) is 15.0 Å².